The Morgan fingerprint density at radius 2 is 2.09 bits per heavy atom. The molecule has 1 amide bonds. The van der Waals surface area contributed by atoms with Gasteiger partial charge < -0.3 is 14.5 Å². The van der Waals surface area contributed by atoms with Crippen LogP contribution in [0.3, 0.4) is 0 Å². The van der Waals surface area contributed by atoms with Crippen LogP contribution in [0.4, 0.5) is 5.69 Å². The van der Waals surface area contributed by atoms with E-state index in [1.165, 1.54) is 11.8 Å². The van der Waals surface area contributed by atoms with Crippen molar-refractivity contribution in [3.63, 3.8) is 0 Å². The van der Waals surface area contributed by atoms with Gasteiger partial charge in [-0.25, -0.2) is 0 Å². The van der Waals surface area contributed by atoms with Gasteiger partial charge >= 0.3 is 0 Å². The van der Waals surface area contributed by atoms with E-state index >= 15 is 0 Å². The van der Waals surface area contributed by atoms with Gasteiger partial charge in [0.2, 0.25) is 11.8 Å². The molecule has 1 aliphatic carbocycles. The lowest BCUT2D eigenvalue weighted by atomic mass is 10.3. The van der Waals surface area contributed by atoms with Crippen molar-refractivity contribution < 1.29 is 13.9 Å². The third-order valence-electron chi connectivity index (χ3n) is 3.35. The zero-order valence-electron chi connectivity index (χ0n) is 12.4. The number of carbonyl (C=O) groups is 1. The average Bonchev–Trinajstić information content (AvgIpc) is 3.28. The number of anilines is 1. The predicted octanol–water partition coefficient (Wildman–Crippen LogP) is 3.07. The van der Waals surface area contributed by atoms with Gasteiger partial charge in [0.25, 0.3) is 5.22 Å². The number of hydrogen-bond donors (Lipinski definition) is 1. The molecule has 116 valence electrons. The molecule has 1 N–H and O–H groups in total. The Balaban J connectivity index is 1.55. The molecule has 1 aromatic carbocycles. The Hall–Kier alpha value is -2.02. The molecule has 0 radical (unpaired) electrons. The van der Waals surface area contributed by atoms with Gasteiger partial charge in [0, 0.05) is 11.6 Å². The number of rotatable bonds is 6. The maximum absolute atomic E-state index is 12.2. The second-order valence-electron chi connectivity index (χ2n) is 5.16. The maximum atomic E-state index is 12.2. The number of aromatic nitrogens is 2. The quantitative estimate of drug-likeness (QED) is 0.825. The predicted molar refractivity (Wildman–Crippen MR) is 83.2 cm³/mol. The van der Waals surface area contributed by atoms with E-state index in [4.69, 9.17) is 9.15 Å². The number of methoxy groups -OCH3 is 1. The fourth-order valence-corrected chi connectivity index (χ4v) is 2.58. The molecule has 0 bridgehead atoms. The summed E-state index contributed by atoms with van der Waals surface area (Å²) in [5.74, 6) is 1.75. The van der Waals surface area contributed by atoms with Gasteiger partial charge in [-0.2, -0.15) is 0 Å². The first-order valence-electron chi connectivity index (χ1n) is 7.10. The first kappa shape index (κ1) is 14.9. The highest BCUT2D eigenvalue weighted by atomic mass is 32.2. The van der Waals surface area contributed by atoms with Crippen molar-refractivity contribution in [1.29, 1.82) is 0 Å². The second kappa shape index (κ2) is 6.39. The number of thioether (sulfide) groups is 1. The third-order valence-corrected chi connectivity index (χ3v) is 4.29. The van der Waals surface area contributed by atoms with Crippen molar-refractivity contribution in [2.45, 2.75) is 36.2 Å². The van der Waals surface area contributed by atoms with Crippen LogP contribution in [0.1, 0.15) is 31.6 Å². The fourth-order valence-electron chi connectivity index (χ4n) is 1.89. The summed E-state index contributed by atoms with van der Waals surface area (Å²) in [6, 6.07) is 7.19. The van der Waals surface area contributed by atoms with Crippen molar-refractivity contribution in [2.24, 2.45) is 0 Å². The van der Waals surface area contributed by atoms with E-state index in [2.05, 4.69) is 15.5 Å². The maximum Gasteiger partial charge on any atom is 0.277 e. The molecule has 1 atom stereocenters. The lowest BCUT2D eigenvalue weighted by Gasteiger charge is -2.10. The summed E-state index contributed by atoms with van der Waals surface area (Å²) in [7, 11) is 1.60. The minimum Gasteiger partial charge on any atom is -0.497 e. The number of nitrogens with zero attached hydrogens (tertiary/aromatic N) is 2. The minimum atomic E-state index is -0.324. The van der Waals surface area contributed by atoms with E-state index in [0.717, 1.165) is 24.3 Å². The van der Waals surface area contributed by atoms with Gasteiger partial charge in [-0.15, -0.1) is 10.2 Å². The summed E-state index contributed by atoms with van der Waals surface area (Å²) in [6.07, 6.45) is 2.22. The van der Waals surface area contributed by atoms with Gasteiger partial charge in [0.15, 0.2) is 0 Å². The van der Waals surface area contributed by atoms with Crippen molar-refractivity contribution in [3.05, 3.63) is 30.2 Å². The van der Waals surface area contributed by atoms with Crippen LogP contribution in [0.15, 0.2) is 33.9 Å². The van der Waals surface area contributed by atoms with E-state index in [-0.39, 0.29) is 11.2 Å². The molecule has 3 rings (SSSR count). The summed E-state index contributed by atoms with van der Waals surface area (Å²) in [5.41, 5.74) is 0.724. The number of carbonyl (C=O) groups excluding carboxylic acids is 1. The monoisotopic (exact) mass is 319 g/mol. The topological polar surface area (TPSA) is 77.2 Å². The summed E-state index contributed by atoms with van der Waals surface area (Å²) in [6.45, 7) is 1.81. The molecule has 0 aliphatic heterocycles. The highest BCUT2D eigenvalue weighted by molar-refractivity contribution is 8.00. The standard InChI is InChI=1S/C15H17N3O3S/c1-9(22-15-18-17-14(21-15)10-3-4-10)13(19)16-11-5-7-12(20-2)8-6-11/h5-10H,3-4H2,1-2H3,(H,16,19)/t9-/m0/s1. The highest BCUT2D eigenvalue weighted by Gasteiger charge is 2.30. The van der Waals surface area contributed by atoms with Crippen molar-refractivity contribution >= 4 is 23.4 Å². The van der Waals surface area contributed by atoms with E-state index in [1.54, 1.807) is 31.4 Å². The van der Waals surface area contributed by atoms with Gasteiger partial charge in [-0.3, -0.25) is 4.79 Å². The molecular formula is C15H17N3O3S. The lowest BCUT2D eigenvalue weighted by Crippen LogP contribution is -2.22. The molecule has 1 saturated carbocycles. The molecule has 0 spiro atoms. The molecule has 0 saturated heterocycles. The minimum absolute atomic E-state index is 0.110. The van der Waals surface area contributed by atoms with E-state index < -0.39 is 0 Å². The molecule has 1 aliphatic rings. The number of amides is 1. The molecule has 22 heavy (non-hydrogen) atoms. The van der Waals surface area contributed by atoms with Crippen LogP contribution in [-0.4, -0.2) is 28.5 Å². The molecular weight excluding hydrogens is 302 g/mol. The summed E-state index contributed by atoms with van der Waals surface area (Å²) < 4.78 is 10.6. The normalized spacial score (nSPS) is 15.4. The second-order valence-corrected chi connectivity index (χ2v) is 6.45. The number of nitrogens with one attached hydrogen (secondary N) is 1. The Labute approximate surface area is 132 Å². The van der Waals surface area contributed by atoms with Crippen LogP contribution >= 0.6 is 11.8 Å². The van der Waals surface area contributed by atoms with Crippen molar-refractivity contribution in [2.75, 3.05) is 12.4 Å². The summed E-state index contributed by atoms with van der Waals surface area (Å²) >= 11 is 1.27. The molecule has 2 aromatic rings. The smallest absolute Gasteiger partial charge is 0.277 e. The van der Waals surface area contributed by atoms with Gasteiger partial charge in [-0.05, 0) is 44.0 Å². The molecule has 7 heteroatoms. The molecule has 1 fully saturated rings. The third kappa shape index (κ3) is 3.59. The number of benzene rings is 1. The largest absolute Gasteiger partial charge is 0.497 e. The van der Waals surface area contributed by atoms with Crippen LogP contribution in [0.25, 0.3) is 0 Å². The van der Waals surface area contributed by atoms with E-state index in [0.29, 0.717) is 17.0 Å². The van der Waals surface area contributed by atoms with Gasteiger partial charge in [0.1, 0.15) is 5.75 Å². The molecule has 1 heterocycles. The SMILES string of the molecule is COc1ccc(NC(=O)[C@H](C)Sc2nnc(C3CC3)o2)cc1. The summed E-state index contributed by atoms with van der Waals surface area (Å²) in [5, 5.41) is 11.0. The zero-order valence-corrected chi connectivity index (χ0v) is 13.2. The Morgan fingerprint density at radius 3 is 2.73 bits per heavy atom. The lowest BCUT2D eigenvalue weighted by molar-refractivity contribution is -0.115. The van der Waals surface area contributed by atoms with Crippen LogP contribution in [0.5, 0.6) is 5.75 Å². The van der Waals surface area contributed by atoms with Crippen LogP contribution in [0.2, 0.25) is 0 Å². The number of hydrogen-bond acceptors (Lipinski definition) is 6. The van der Waals surface area contributed by atoms with Crippen LogP contribution in [-0.2, 0) is 4.79 Å². The summed E-state index contributed by atoms with van der Waals surface area (Å²) in [4.78, 5) is 12.2. The number of ether oxygens (including phenoxy) is 1. The van der Waals surface area contributed by atoms with Gasteiger partial charge in [0.05, 0.1) is 12.4 Å². The Morgan fingerprint density at radius 1 is 1.36 bits per heavy atom. The molecule has 0 unspecified atom stereocenters. The molecule has 1 aromatic heterocycles. The fraction of sp³-hybridized carbons (Fsp3) is 0.400. The first-order chi connectivity index (χ1) is 10.7. The van der Waals surface area contributed by atoms with E-state index in [1.807, 2.05) is 6.92 Å². The van der Waals surface area contributed by atoms with Crippen molar-refractivity contribution in [1.82, 2.24) is 10.2 Å². The Bertz CT molecular complexity index is 652. The van der Waals surface area contributed by atoms with E-state index in [9.17, 15) is 4.79 Å². The van der Waals surface area contributed by atoms with Crippen LogP contribution in [0, 0.1) is 0 Å². The van der Waals surface area contributed by atoms with Gasteiger partial charge in [-0.1, -0.05) is 11.8 Å². The van der Waals surface area contributed by atoms with Crippen LogP contribution < -0.4 is 10.1 Å². The zero-order chi connectivity index (χ0) is 15.5. The molecule has 6 nitrogen and oxygen atoms in total. The average molecular weight is 319 g/mol. The first-order valence-corrected chi connectivity index (χ1v) is 7.98. The Kier molecular flexibility index (Phi) is 4.33. The van der Waals surface area contributed by atoms with Crippen molar-refractivity contribution in [3.8, 4) is 5.75 Å². The highest BCUT2D eigenvalue weighted by Crippen LogP contribution is 2.40.